The molecule has 1 saturated heterocycles. The number of carbonyl (C=O) groups is 2. The molecule has 37 heavy (non-hydrogen) atoms. The fraction of sp³-hybridized carbons (Fsp3) is 0.321. The summed E-state index contributed by atoms with van der Waals surface area (Å²) >= 11 is 6.14. The molecule has 0 bridgehead atoms. The highest BCUT2D eigenvalue weighted by Crippen LogP contribution is 2.34. The number of para-hydroxylation sites is 1. The van der Waals surface area contributed by atoms with Gasteiger partial charge in [0.2, 0.25) is 0 Å². The number of nitrogens with one attached hydrogen (secondary N) is 1. The van der Waals surface area contributed by atoms with E-state index in [4.69, 9.17) is 21.1 Å². The Morgan fingerprint density at radius 3 is 2.68 bits per heavy atom. The van der Waals surface area contributed by atoms with Gasteiger partial charge in [-0.25, -0.2) is 0 Å². The minimum Gasteiger partial charge on any atom is -0.496 e. The first-order chi connectivity index (χ1) is 17.9. The number of ether oxygens (including phenoxy) is 2. The van der Waals surface area contributed by atoms with Gasteiger partial charge in [-0.3, -0.25) is 14.6 Å². The molecule has 1 aliphatic rings. The van der Waals surface area contributed by atoms with Gasteiger partial charge < -0.3 is 24.8 Å². The van der Waals surface area contributed by atoms with Crippen LogP contribution in [-0.2, 0) is 20.9 Å². The van der Waals surface area contributed by atoms with E-state index < -0.39 is 24.0 Å². The van der Waals surface area contributed by atoms with Crippen molar-refractivity contribution >= 4 is 23.4 Å². The van der Waals surface area contributed by atoms with E-state index in [2.05, 4.69) is 10.3 Å². The Balaban J connectivity index is 1.38. The molecule has 1 aromatic heterocycles. The van der Waals surface area contributed by atoms with Gasteiger partial charge in [0.1, 0.15) is 5.75 Å². The molecule has 1 fully saturated rings. The molecule has 2 aromatic carbocycles. The Labute approximate surface area is 221 Å². The molecule has 1 aliphatic heterocycles. The molecule has 0 saturated carbocycles. The maximum absolute atomic E-state index is 13.3. The smallest absolute Gasteiger partial charge is 0.255 e. The van der Waals surface area contributed by atoms with Gasteiger partial charge in [0, 0.05) is 37.0 Å². The third kappa shape index (κ3) is 6.10. The summed E-state index contributed by atoms with van der Waals surface area (Å²) in [6.07, 6.45) is 0.222. The van der Waals surface area contributed by atoms with E-state index in [9.17, 15) is 14.7 Å². The lowest BCUT2D eigenvalue weighted by molar-refractivity contribution is -0.156. The van der Waals surface area contributed by atoms with Crippen LogP contribution in [0.15, 0.2) is 66.9 Å². The van der Waals surface area contributed by atoms with Crippen molar-refractivity contribution in [3.05, 3.63) is 83.0 Å². The van der Waals surface area contributed by atoms with Gasteiger partial charge in [-0.2, -0.15) is 0 Å². The van der Waals surface area contributed by atoms with Crippen LogP contribution >= 0.6 is 11.6 Å². The minimum absolute atomic E-state index is 0.134. The van der Waals surface area contributed by atoms with Gasteiger partial charge in [-0.05, 0) is 54.3 Å². The zero-order valence-corrected chi connectivity index (χ0v) is 21.5. The number of benzene rings is 2. The number of nitrogens with zero attached hydrogens (tertiary/aromatic N) is 2. The Kier molecular flexibility index (Phi) is 8.76. The number of rotatable bonds is 9. The van der Waals surface area contributed by atoms with E-state index in [-0.39, 0.29) is 12.6 Å². The summed E-state index contributed by atoms with van der Waals surface area (Å²) in [4.78, 5) is 32.2. The Morgan fingerprint density at radius 1 is 1.16 bits per heavy atom. The molecule has 2 N–H and O–H groups in total. The maximum Gasteiger partial charge on any atom is 0.255 e. The lowest BCUT2D eigenvalue weighted by Crippen LogP contribution is -2.51. The van der Waals surface area contributed by atoms with Crippen molar-refractivity contribution in [1.29, 1.82) is 0 Å². The van der Waals surface area contributed by atoms with Crippen LogP contribution < -0.4 is 10.1 Å². The molecule has 2 amide bonds. The van der Waals surface area contributed by atoms with Crippen LogP contribution in [0.2, 0.25) is 5.02 Å². The highest BCUT2D eigenvalue weighted by atomic mass is 35.5. The molecule has 194 valence electrons. The van der Waals surface area contributed by atoms with Crippen LogP contribution in [-0.4, -0.2) is 59.8 Å². The molecule has 8 nitrogen and oxygen atoms in total. The first kappa shape index (κ1) is 26.6. The second-order valence-electron chi connectivity index (χ2n) is 8.82. The SMILES string of the molecule is COc1ccccc1-c1ccc(CNC(=O)[C@H](O)[C@@H](OC)C(=O)N2CCCC2c2cccc(Cl)c2)cn1. The molecule has 0 spiro atoms. The van der Waals surface area contributed by atoms with E-state index in [1.165, 1.54) is 7.11 Å². The van der Waals surface area contributed by atoms with Gasteiger partial charge in [0.05, 0.1) is 18.8 Å². The Bertz CT molecular complexity index is 1240. The molecular formula is C28H30ClN3O5. The van der Waals surface area contributed by atoms with Crippen molar-refractivity contribution in [1.82, 2.24) is 15.2 Å². The van der Waals surface area contributed by atoms with Crippen LogP contribution in [0.25, 0.3) is 11.3 Å². The number of aliphatic hydroxyl groups is 1. The molecule has 3 aromatic rings. The highest BCUT2D eigenvalue weighted by Gasteiger charge is 2.39. The number of hydrogen-bond donors (Lipinski definition) is 2. The maximum atomic E-state index is 13.3. The second kappa shape index (κ2) is 12.2. The van der Waals surface area contributed by atoms with Crippen molar-refractivity contribution in [3.8, 4) is 17.0 Å². The van der Waals surface area contributed by atoms with Gasteiger partial charge in [0.15, 0.2) is 12.2 Å². The van der Waals surface area contributed by atoms with Crippen molar-refractivity contribution in [3.63, 3.8) is 0 Å². The summed E-state index contributed by atoms with van der Waals surface area (Å²) in [5, 5.41) is 14.0. The quantitative estimate of drug-likeness (QED) is 0.443. The lowest BCUT2D eigenvalue weighted by atomic mass is 10.0. The first-order valence-electron chi connectivity index (χ1n) is 12.1. The van der Waals surface area contributed by atoms with Crippen LogP contribution in [0.3, 0.4) is 0 Å². The van der Waals surface area contributed by atoms with Gasteiger partial charge in [-0.15, -0.1) is 0 Å². The van der Waals surface area contributed by atoms with Crippen molar-refractivity contribution in [2.45, 2.75) is 37.6 Å². The molecule has 2 heterocycles. The number of aliphatic hydroxyl groups excluding tert-OH is 1. The van der Waals surface area contributed by atoms with Crippen molar-refractivity contribution in [2.75, 3.05) is 20.8 Å². The summed E-state index contributed by atoms with van der Waals surface area (Å²) in [6, 6.07) is 18.4. The molecule has 0 aliphatic carbocycles. The molecule has 4 rings (SSSR count). The third-order valence-corrected chi connectivity index (χ3v) is 6.73. The highest BCUT2D eigenvalue weighted by molar-refractivity contribution is 6.30. The van der Waals surface area contributed by atoms with E-state index in [0.29, 0.717) is 17.3 Å². The fourth-order valence-electron chi connectivity index (χ4n) is 4.59. The van der Waals surface area contributed by atoms with Gasteiger partial charge >= 0.3 is 0 Å². The monoisotopic (exact) mass is 523 g/mol. The first-order valence-corrected chi connectivity index (χ1v) is 12.4. The van der Waals surface area contributed by atoms with E-state index in [1.807, 2.05) is 54.6 Å². The summed E-state index contributed by atoms with van der Waals surface area (Å²) in [5.41, 5.74) is 3.24. The predicted molar refractivity (Wildman–Crippen MR) is 140 cm³/mol. The van der Waals surface area contributed by atoms with Crippen LogP contribution in [0.5, 0.6) is 5.75 Å². The summed E-state index contributed by atoms with van der Waals surface area (Å²) in [7, 11) is 2.91. The lowest BCUT2D eigenvalue weighted by Gasteiger charge is -2.30. The average Bonchev–Trinajstić information content (AvgIpc) is 3.42. The number of carbonyl (C=O) groups excluding carboxylic acids is 2. The van der Waals surface area contributed by atoms with Gasteiger partial charge in [0.25, 0.3) is 11.8 Å². The molecular weight excluding hydrogens is 494 g/mol. The van der Waals surface area contributed by atoms with E-state index in [0.717, 1.165) is 35.2 Å². The summed E-state index contributed by atoms with van der Waals surface area (Å²) < 4.78 is 10.7. The van der Waals surface area contributed by atoms with Crippen molar-refractivity contribution < 1.29 is 24.2 Å². The fourth-order valence-corrected chi connectivity index (χ4v) is 4.79. The molecule has 9 heteroatoms. The average molecular weight is 524 g/mol. The summed E-state index contributed by atoms with van der Waals surface area (Å²) in [5.74, 6) is -0.423. The Morgan fingerprint density at radius 2 is 1.97 bits per heavy atom. The normalized spacial score (nSPS) is 16.8. The number of hydrogen-bond acceptors (Lipinski definition) is 6. The topological polar surface area (TPSA) is 101 Å². The number of pyridine rings is 1. The number of amides is 2. The standard InChI is InChI=1S/C28H30ClN3O5/c1-36-24-11-4-3-9-21(24)22-13-12-18(16-30-22)17-31-27(34)25(33)26(37-2)28(35)32-14-6-10-23(32)19-7-5-8-20(29)15-19/h3-5,7-9,11-13,15-16,23,25-26,33H,6,10,14,17H2,1-2H3,(H,31,34)/t23?,25-,26-/m1/s1. The zero-order chi connectivity index (χ0) is 26.4. The number of aromatic nitrogens is 1. The van der Waals surface area contributed by atoms with Gasteiger partial charge in [-0.1, -0.05) is 41.9 Å². The van der Waals surface area contributed by atoms with E-state index >= 15 is 0 Å². The van der Waals surface area contributed by atoms with Crippen LogP contribution in [0.4, 0.5) is 0 Å². The predicted octanol–water partition coefficient (Wildman–Crippen LogP) is 3.77. The number of methoxy groups -OCH3 is 2. The number of halogens is 1. The molecule has 0 radical (unpaired) electrons. The molecule has 3 atom stereocenters. The largest absolute Gasteiger partial charge is 0.496 e. The number of likely N-dealkylation sites (tertiary alicyclic amines) is 1. The molecule has 1 unspecified atom stereocenters. The zero-order valence-electron chi connectivity index (χ0n) is 20.8. The van der Waals surface area contributed by atoms with Crippen molar-refractivity contribution in [2.24, 2.45) is 0 Å². The van der Waals surface area contributed by atoms with Crippen LogP contribution in [0, 0.1) is 0 Å². The Hall–Kier alpha value is -3.46. The summed E-state index contributed by atoms with van der Waals surface area (Å²) in [6.45, 7) is 0.642. The third-order valence-electron chi connectivity index (χ3n) is 6.50. The van der Waals surface area contributed by atoms with E-state index in [1.54, 1.807) is 24.3 Å². The van der Waals surface area contributed by atoms with Crippen LogP contribution in [0.1, 0.15) is 30.0 Å². The minimum atomic E-state index is -1.67. The second-order valence-corrected chi connectivity index (χ2v) is 9.25.